The molecule has 9 heteroatoms. The molecule has 1 unspecified atom stereocenters. The fraction of sp³-hybridized carbons (Fsp3) is 0.455. The van der Waals surface area contributed by atoms with E-state index >= 15 is 0 Å². The summed E-state index contributed by atoms with van der Waals surface area (Å²) in [4.78, 5) is 11.0. The highest BCUT2D eigenvalue weighted by atomic mass is 127. The van der Waals surface area contributed by atoms with Crippen molar-refractivity contribution in [3.05, 3.63) is 54.1 Å². The Balaban J connectivity index is 0.00000341. The van der Waals surface area contributed by atoms with Gasteiger partial charge in [0.15, 0.2) is 17.5 Å². The van der Waals surface area contributed by atoms with Crippen molar-refractivity contribution in [2.75, 3.05) is 39.4 Å². The van der Waals surface area contributed by atoms with Crippen LogP contribution in [0.2, 0.25) is 0 Å². The van der Waals surface area contributed by atoms with Crippen LogP contribution >= 0.6 is 24.0 Å². The molecule has 0 spiro atoms. The summed E-state index contributed by atoms with van der Waals surface area (Å²) in [6, 6.07) is 8.74. The van der Waals surface area contributed by atoms with Crippen LogP contribution in [0.15, 0.2) is 47.7 Å². The molecule has 2 aromatic rings. The number of morpholine rings is 1. The van der Waals surface area contributed by atoms with Crippen molar-refractivity contribution in [1.82, 2.24) is 20.5 Å². The second-order valence-corrected chi connectivity index (χ2v) is 7.13. The highest BCUT2D eigenvalue weighted by molar-refractivity contribution is 14.0. The molecule has 2 N–H and O–H groups in total. The van der Waals surface area contributed by atoms with Gasteiger partial charge in [-0.25, -0.2) is 9.38 Å². The van der Waals surface area contributed by atoms with E-state index in [0.717, 1.165) is 45.0 Å². The third-order valence-corrected chi connectivity index (χ3v) is 4.86. The number of aromatic nitrogens is 1. The molecular formula is C22H31FIN5O2. The van der Waals surface area contributed by atoms with E-state index in [-0.39, 0.29) is 29.7 Å². The molecule has 1 aliphatic rings. The van der Waals surface area contributed by atoms with Gasteiger partial charge in [0.25, 0.3) is 0 Å². The summed E-state index contributed by atoms with van der Waals surface area (Å²) in [5.74, 6) is 0.953. The maximum absolute atomic E-state index is 14.4. The molecule has 170 valence electrons. The molecule has 1 aliphatic heterocycles. The molecule has 1 atom stereocenters. The van der Waals surface area contributed by atoms with Crippen molar-refractivity contribution < 1.29 is 13.9 Å². The third kappa shape index (κ3) is 8.23. The van der Waals surface area contributed by atoms with Gasteiger partial charge in [0, 0.05) is 38.4 Å². The number of hydrogen-bond acceptors (Lipinski definition) is 5. The smallest absolute Gasteiger partial charge is 0.191 e. The topological polar surface area (TPSA) is 71.0 Å². The number of ether oxygens (including phenoxy) is 2. The molecule has 1 fully saturated rings. The van der Waals surface area contributed by atoms with Gasteiger partial charge < -0.3 is 20.1 Å². The number of aliphatic imine (C=N–C) groups is 1. The lowest BCUT2D eigenvalue weighted by Gasteiger charge is -2.32. The molecule has 0 aliphatic carbocycles. The highest BCUT2D eigenvalue weighted by Crippen LogP contribution is 2.24. The lowest BCUT2D eigenvalue weighted by Crippen LogP contribution is -2.49. The van der Waals surface area contributed by atoms with Crippen molar-refractivity contribution in [1.29, 1.82) is 0 Å². The summed E-state index contributed by atoms with van der Waals surface area (Å²) in [6.45, 7) is 9.57. The Morgan fingerprint density at radius 2 is 2.10 bits per heavy atom. The summed E-state index contributed by atoms with van der Waals surface area (Å²) >= 11 is 0. The number of guanidine groups is 1. The van der Waals surface area contributed by atoms with Crippen LogP contribution in [-0.2, 0) is 11.3 Å². The first-order chi connectivity index (χ1) is 14.7. The summed E-state index contributed by atoms with van der Waals surface area (Å²) in [7, 11) is 0. The van der Waals surface area contributed by atoms with Crippen molar-refractivity contribution in [2.45, 2.75) is 26.4 Å². The second kappa shape index (κ2) is 13.4. The molecule has 0 saturated carbocycles. The lowest BCUT2D eigenvalue weighted by molar-refractivity contribution is 0.0211. The zero-order chi connectivity index (χ0) is 21.2. The average Bonchev–Trinajstić information content (AvgIpc) is 2.78. The monoisotopic (exact) mass is 543 g/mol. The van der Waals surface area contributed by atoms with E-state index in [4.69, 9.17) is 9.47 Å². The normalized spacial score (nSPS) is 15.6. The van der Waals surface area contributed by atoms with E-state index in [1.807, 2.05) is 13.0 Å². The lowest BCUT2D eigenvalue weighted by atomic mass is 10.2. The predicted octanol–water partition coefficient (Wildman–Crippen LogP) is 3.41. The van der Waals surface area contributed by atoms with E-state index < -0.39 is 5.82 Å². The zero-order valence-corrected chi connectivity index (χ0v) is 20.3. The number of pyridine rings is 1. The average molecular weight is 543 g/mol. The van der Waals surface area contributed by atoms with Crippen molar-refractivity contribution >= 4 is 29.9 Å². The number of halogens is 2. The minimum absolute atomic E-state index is 0. The van der Waals surface area contributed by atoms with Gasteiger partial charge in [-0.15, -0.1) is 24.0 Å². The number of nitrogens with zero attached hydrogens (tertiary/aromatic N) is 3. The number of hydrogen-bond donors (Lipinski definition) is 2. The van der Waals surface area contributed by atoms with E-state index in [2.05, 4.69) is 32.4 Å². The van der Waals surface area contributed by atoms with Gasteiger partial charge in [-0.2, -0.15) is 0 Å². The number of benzene rings is 1. The quantitative estimate of drug-likeness (QED) is 0.302. The molecule has 7 nitrogen and oxygen atoms in total. The minimum atomic E-state index is -0.426. The first kappa shape index (κ1) is 25.3. The molecular weight excluding hydrogens is 512 g/mol. The number of nitrogens with one attached hydrogen (secondary N) is 2. The summed E-state index contributed by atoms with van der Waals surface area (Å²) < 4.78 is 25.4. The van der Waals surface area contributed by atoms with E-state index in [1.54, 1.807) is 30.6 Å². The summed E-state index contributed by atoms with van der Waals surface area (Å²) in [5.41, 5.74) is 0.768. The fourth-order valence-electron chi connectivity index (χ4n) is 3.16. The summed E-state index contributed by atoms with van der Waals surface area (Å²) in [5, 5.41) is 6.62. The van der Waals surface area contributed by atoms with Gasteiger partial charge >= 0.3 is 0 Å². The van der Waals surface area contributed by atoms with Crippen LogP contribution in [0, 0.1) is 5.82 Å². The summed E-state index contributed by atoms with van der Waals surface area (Å²) in [6.07, 6.45) is 3.19. The van der Waals surface area contributed by atoms with Gasteiger partial charge in [0.2, 0.25) is 0 Å². The van der Waals surface area contributed by atoms with E-state index in [0.29, 0.717) is 24.3 Å². The molecule has 0 amide bonds. The van der Waals surface area contributed by atoms with E-state index in [1.165, 1.54) is 6.07 Å². The van der Waals surface area contributed by atoms with Gasteiger partial charge in [-0.05, 0) is 43.7 Å². The maximum atomic E-state index is 14.4. The molecule has 1 aromatic carbocycles. The maximum Gasteiger partial charge on any atom is 0.191 e. The first-order valence-electron chi connectivity index (χ1n) is 10.4. The van der Waals surface area contributed by atoms with Crippen LogP contribution in [0.5, 0.6) is 11.5 Å². The standard InChI is InChI=1S/C22H30FN5O2.HI/c1-3-25-22(26-14-17(2)28-9-11-29-12-10-28)27-15-18-6-7-21(20(23)13-18)30-19-5-4-8-24-16-19;/h4-8,13,16-17H,3,9-12,14-15H2,1-2H3,(H2,25,26,27);1H. The Labute approximate surface area is 200 Å². The Hall–Kier alpha value is -1.98. The Morgan fingerprint density at radius 1 is 1.29 bits per heavy atom. The van der Waals surface area contributed by atoms with Gasteiger partial charge in [-0.3, -0.25) is 9.88 Å². The fourth-order valence-corrected chi connectivity index (χ4v) is 3.16. The molecule has 2 heterocycles. The van der Waals surface area contributed by atoms with Crippen LogP contribution in [0.1, 0.15) is 19.4 Å². The van der Waals surface area contributed by atoms with Gasteiger partial charge in [0.05, 0.1) is 26.0 Å². The van der Waals surface area contributed by atoms with Crippen molar-refractivity contribution in [2.24, 2.45) is 4.99 Å². The molecule has 0 radical (unpaired) electrons. The minimum Gasteiger partial charge on any atom is -0.453 e. The Bertz CT molecular complexity index is 819. The van der Waals surface area contributed by atoms with E-state index in [9.17, 15) is 4.39 Å². The van der Waals surface area contributed by atoms with Crippen LogP contribution in [-0.4, -0.2) is 61.3 Å². The van der Waals surface area contributed by atoms with Crippen LogP contribution in [0.3, 0.4) is 0 Å². The highest BCUT2D eigenvalue weighted by Gasteiger charge is 2.17. The Morgan fingerprint density at radius 3 is 2.77 bits per heavy atom. The van der Waals surface area contributed by atoms with Gasteiger partial charge in [0.1, 0.15) is 5.75 Å². The molecule has 3 rings (SSSR count). The van der Waals surface area contributed by atoms with Crippen LogP contribution < -0.4 is 15.4 Å². The number of rotatable bonds is 8. The molecule has 31 heavy (non-hydrogen) atoms. The van der Waals surface area contributed by atoms with Crippen molar-refractivity contribution in [3.63, 3.8) is 0 Å². The largest absolute Gasteiger partial charge is 0.453 e. The van der Waals surface area contributed by atoms with Crippen LogP contribution in [0.4, 0.5) is 4.39 Å². The second-order valence-electron chi connectivity index (χ2n) is 7.13. The van der Waals surface area contributed by atoms with Crippen molar-refractivity contribution in [3.8, 4) is 11.5 Å². The van der Waals surface area contributed by atoms with Gasteiger partial charge in [-0.1, -0.05) is 6.07 Å². The zero-order valence-electron chi connectivity index (χ0n) is 18.0. The SMILES string of the molecule is CCNC(=NCc1ccc(Oc2cccnc2)c(F)c1)NCC(C)N1CCOCC1.I. The predicted molar refractivity (Wildman–Crippen MR) is 131 cm³/mol. The molecule has 0 bridgehead atoms. The molecule has 1 saturated heterocycles. The molecule has 1 aromatic heterocycles. The Kier molecular flexibility index (Phi) is 11.0. The first-order valence-corrected chi connectivity index (χ1v) is 10.4. The van der Waals surface area contributed by atoms with Crippen LogP contribution in [0.25, 0.3) is 0 Å². The third-order valence-electron chi connectivity index (χ3n) is 4.86.